The van der Waals surface area contributed by atoms with Gasteiger partial charge in [0.25, 0.3) is 0 Å². The van der Waals surface area contributed by atoms with Crippen molar-refractivity contribution in [3.8, 4) is 11.5 Å². The third-order valence-corrected chi connectivity index (χ3v) is 7.25. The van der Waals surface area contributed by atoms with Crippen molar-refractivity contribution < 1.29 is 64.2 Å². The first-order valence-electron chi connectivity index (χ1n) is 11.7. The molecule has 202 valence electrons. The number of ether oxygens (including phenoxy) is 5. The third-order valence-electron chi connectivity index (χ3n) is 7.25. The van der Waals surface area contributed by atoms with Crippen molar-refractivity contribution in [1.82, 2.24) is 0 Å². The fourth-order valence-electron chi connectivity index (χ4n) is 5.18. The van der Waals surface area contributed by atoms with Crippen molar-refractivity contribution in [2.75, 3.05) is 13.2 Å². The number of phenols is 2. The summed E-state index contributed by atoms with van der Waals surface area (Å²) in [6.45, 7) is -0.894. The Bertz CT molecular complexity index is 1070. The van der Waals surface area contributed by atoms with E-state index in [4.69, 9.17) is 23.7 Å². The Hall–Kier alpha value is -2.75. The lowest BCUT2D eigenvalue weighted by Gasteiger charge is -2.43. The van der Waals surface area contributed by atoms with Crippen LogP contribution >= 0.6 is 0 Å². The molecule has 7 N–H and O–H groups in total. The van der Waals surface area contributed by atoms with Gasteiger partial charge in [-0.05, 0) is 29.8 Å². The van der Waals surface area contributed by atoms with E-state index >= 15 is 0 Å². The highest BCUT2D eigenvalue weighted by Crippen LogP contribution is 2.59. The third kappa shape index (κ3) is 4.57. The maximum Gasteiger partial charge on any atom is 0.330 e. The number of carbonyl (C=O) groups excluding carboxylic acids is 1. The van der Waals surface area contributed by atoms with Gasteiger partial charge in [-0.2, -0.15) is 0 Å². The van der Waals surface area contributed by atoms with Crippen LogP contribution in [-0.4, -0.2) is 110 Å². The van der Waals surface area contributed by atoms with Crippen LogP contribution in [0, 0.1) is 11.8 Å². The molecule has 37 heavy (non-hydrogen) atoms. The first kappa shape index (κ1) is 25.9. The van der Waals surface area contributed by atoms with E-state index in [0.717, 1.165) is 6.08 Å². The van der Waals surface area contributed by atoms with Crippen molar-refractivity contribution in [1.29, 1.82) is 0 Å². The van der Waals surface area contributed by atoms with Gasteiger partial charge in [0, 0.05) is 12.0 Å². The number of epoxide rings is 1. The van der Waals surface area contributed by atoms with E-state index < -0.39 is 85.8 Å². The monoisotopic (exact) mass is 524 g/mol. The SMILES string of the molecule is O=C(/C=C/c1ccc(O)c(O)c1)OC[C@H]1O[C@@H](O[C@@H]2OC=C[C@H]3[C@H](O)[C@@H]4O[C@]4(CO)[C@@H]23)[C@H](O)[C@@H](O)[C@@H]1O. The van der Waals surface area contributed by atoms with E-state index in [2.05, 4.69) is 0 Å². The Kier molecular flexibility index (Phi) is 6.89. The van der Waals surface area contributed by atoms with E-state index in [1.54, 1.807) is 6.08 Å². The minimum atomic E-state index is -1.71. The molecule has 1 aliphatic carbocycles. The molecule has 3 heterocycles. The standard InChI is InChI=1S/C24H28O13/c25-9-24-16-11(17(29)21(24)37-24)5-6-33-22(16)36-23-20(32)19(31)18(30)14(35-23)8-34-15(28)4-2-10-1-3-12(26)13(27)7-10/h1-7,11,14,16-23,25-27,29-32H,8-9H2/b4-2+/t11-,14-,16-,17+,18-,19+,20-,21+,22+,23+,24-/m1/s1. The molecule has 0 spiro atoms. The van der Waals surface area contributed by atoms with Crippen molar-refractivity contribution >= 4 is 12.0 Å². The van der Waals surface area contributed by atoms with Gasteiger partial charge in [-0.25, -0.2) is 4.79 Å². The van der Waals surface area contributed by atoms with Crippen LogP contribution in [0.25, 0.3) is 6.08 Å². The van der Waals surface area contributed by atoms with Gasteiger partial charge in [0.05, 0.1) is 24.9 Å². The van der Waals surface area contributed by atoms with Crippen LogP contribution in [0.15, 0.2) is 36.6 Å². The zero-order valence-electron chi connectivity index (χ0n) is 19.3. The van der Waals surface area contributed by atoms with E-state index in [1.807, 2.05) is 0 Å². The molecule has 0 amide bonds. The van der Waals surface area contributed by atoms with Gasteiger partial charge in [-0.3, -0.25) is 0 Å². The zero-order valence-corrected chi connectivity index (χ0v) is 19.3. The predicted molar refractivity (Wildman–Crippen MR) is 119 cm³/mol. The van der Waals surface area contributed by atoms with Gasteiger partial charge in [0.2, 0.25) is 6.29 Å². The number of aliphatic hydroxyl groups excluding tert-OH is 5. The van der Waals surface area contributed by atoms with Crippen LogP contribution in [0.1, 0.15) is 5.56 Å². The zero-order chi connectivity index (χ0) is 26.5. The molecule has 13 nitrogen and oxygen atoms in total. The molecule has 3 fully saturated rings. The molecule has 4 aliphatic rings. The average Bonchev–Trinajstić information content (AvgIpc) is 3.58. The van der Waals surface area contributed by atoms with Gasteiger partial charge in [0.15, 0.2) is 17.8 Å². The Morgan fingerprint density at radius 3 is 2.54 bits per heavy atom. The van der Waals surface area contributed by atoms with Crippen LogP contribution in [-0.2, 0) is 28.5 Å². The maximum absolute atomic E-state index is 12.1. The number of hydrogen-bond donors (Lipinski definition) is 7. The second kappa shape index (κ2) is 9.85. The highest BCUT2D eigenvalue weighted by molar-refractivity contribution is 5.87. The van der Waals surface area contributed by atoms with Gasteiger partial charge in [0.1, 0.15) is 42.7 Å². The summed E-state index contributed by atoms with van der Waals surface area (Å²) in [6.07, 6.45) is -5.09. The summed E-state index contributed by atoms with van der Waals surface area (Å²) in [5.41, 5.74) is -0.667. The molecule has 5 rings (SSSR count). The predicted octanol–water partition coefficient (Wildman–Crippen LogP) is -1.91. The minimum Gasteiger partial charge on any atom is -0.504 e. The number of esters is 1. The summed E-state index contributed by atoms with van der Waals surface area (Å²) in [5.74, 6) is -2.59. The van der Waals surface area contributed by atoms with Crippen LogP contribution < -0.4 is 0 Å². The van der Waals surface area contributed by atoms with E-state index in [1.165, 1.54) is 30.5 Å². The number of phenolic OH excluding ortho intramolecular Hbond substituents is 2. The van der Waals surface area contributed by atoms with Crippen molar-refractivity contribution in [3.63, 3.8) is 0 Å². The average molecular weight is 524 g/mol. The molecule has 13 heteroatoms. The first-order chi connectivity index (χ1) is 17.7. The van der Waals surface area contributed by atoms with Gasteiger partial charge >= 0.3 is 5.97 Å². The topological polar surface area (TPSA) is 208 Å². The summed E-state index contributed by atoms with van der Waals surface area (Å²) < 4.78 is 27.6. The largest absolute Gasteiger partial charge is 0.504 e. The number of benzene rings is 1. The molecule has 0 aromatic heterocycles. The number of carbonyl (C=O) groups is 1. The first-order valence-corrected chi connectivity index (χ1v) is 11.7. The Labute approximate surface area is 210 Å². The number of aromatic hydroxyl groups is 2. The maximum atomic E-state index is 12.1. The van der Waals surface area contributed by atoms with Crippen molar-refractivity contribution in [2.45, 2.75) is 54.8 Å². The number of rotatable bonds is 7. The fourth-order valence-corrected chi connectivity index (χ4v) is 5.18. The number of aliphatic hydroxyl groups is 5. The highest BCUT2D eigenvalue weighted by atomic mass is 16.8. The summed E-state index contributed by atoms with van der Waals surface area (Å²) in [5, 5.41) is 70.4. The van der Waals surface area contributed by atoms with Crippen LogP contribution in [0.2, 0.25) is 0 Å². The molecule has 2 saturated heterocycles. The van der Waals surface area contributed by atoms with Crippen LogP contribution in [0.4, 0.5) is 0 Å². The summed E-state index contributed by atoms with van der Waals surface area (Å²) in [7, 11) is 0. The van der Waals surface area contributed by atoms with Gasteiger partial charge in [-0.15, -0.1) is 0 Å². The fraction of sp³-hybridized carbons (Fsp3) is 0.542. The lowest BCUT2D eigenvalue weighted by Crippen LogP contribution is -2.60. The summed E-state index contributed by atoms with van der Waals surface area (Å²) >= 11 is 0. The Morgan fingerprint density at radius 1 is 1.03 bits per heavy atom. The Balaban J connectivity index is 1.21. The van der Waals surface area contributed by atoms with Gasteiger partial charge < -0.3 is 59.4 Å². The van der Waals surface area contributed by atoms with Crippen molar-refractivity contribution in [2.24, 2.45) is 11.8 Å². The quantitative estimate of drug-likeness (QED) is 0.0900. The van der Waals surface area contributed by atoms with Gasteiger partial charge in [-0.1, -0.05) is 6.07 Å². The van der Waals surface area contributed by atoms with E-state index in [9.17, 15) is 40.5 Å². The van der Waals surface area contributed by atoms with Crippen LogP contribution in [0.5, 0.6) is 11.5 Å². The molecular formula is C24H28O13. The molecule has 11 atom stereocenters. The molecule has 0 radical (unpaired) electrons. The number of fused-ring (bicyclic) bond motifs is 3. The molecule has 1 aromatic carbocycles. The van der Waals surface area contributed by atoms with E-state index in [-0.39, 0.29) is 11.5 Å². The molecule has 0 bridgehead atoms. The highest BCUT2D eigenvalue weighted by Gasteiger charge is 2.75. The molecule has 1 saturated carbocycles. The smallest absolute Gasteiger partial charge is 0.330 e. The molecular weight excluding hydrogens is 496 g/mol. The molecule has 3 aliphatic heterocycles. The lowest BCUT2D eigenvalue weighted by molar-refractivity contribution is -0.344. The lowest BCUT2D eigenvalue weighted by atomic mass is 9.85. The summed E-state index contributed by atoms with van der Waals surface area (Å²) in [4.78, 5) is 12.1. The Morgan fingerprint density at radius 2 is 1.81 bits per heavy atom. The number of hydrogen-bond acceptors (Lipinski definition) is 13. The minimum absolute atomic E-state index is 0.314. The normalized spacial score (nSPS) is 42.2. The summed E-state index contributed by atoms with van der Waals surface area (Å²) in [6, 6.07) is 3.94. The molecule has 1 aromatic rings. The van der Waals surface area contributed by atoms with E-state index in [0.29, 0.717) is 5.56 Å². The second-order valence-corrected chi connectivity index (χ2v) is 9.44. The van der Waals surface area contributed by atoms with Crippen molar-refractivity contribution in [3.05, 3.63) is 42.2 Å². The molecule has 0 unspecified atom stereocenters. The second-order valence-electron chi connectivity index (χ2n) is 9.44. The van der Waals surface area contributed by atoms with Crippen LogP contribution in [0.3, 0.4) is 0 Å².